The normalized spacial score (nSPS) is 21.7. The number of hydrogen-bond donors (Lipinski definition) is 1. The van der Waals surface area contributed by atoms with Gasteiger partial charge >= 0.3 is 0 Å². The van der Waals surface area contributed by atoms with Crippen LogP contribution in [0, 0.1) is 11.8 Å². The minimum atomic E-state index is 0.824. The molecule has 0 spiro atoms. The Morgan fingerprint density at radius 1 is 1.33 bits per heavy atom. The van der Waals surface area contributed by atoms with Crippen LogP contribution in [0.15, 0.2) is 0 Å². The summed E-state index contributed by atoms with van der Waals surface area (Å²) in [6, 6.07) is 0. The number of nitrogens with zero attached hydrogens (tertiary/aromatic N) is 1. The fraction of sp³-hybridized carbons (Fsp3) is 1.00. The summed E-state index contributed by atoms with van der Waals surface area (Å²) in [6.07, 6.45) is 5.41. The Balaban J connectivity index is 2.19. The van der Waals surface area contributed by atoms with Crippen molar-refractivity contribution in [2.75, 3.05) is 46.4 Å². The summed E-state index contributed by atoms with van der Waals surface area (Å²) >= 11 is 0. The van der Waals surface area contributed by atoms with Crippen LogP contribution in [0.5, 0.6) is 0 Å². The van der Waals surface area contributed by atoms with Crippen LogP contribution in [-0.2, 0) is 4.74 Å². The molecule has 1 fully saturated rings. The first-order chi connectivity index (χ1) is 8.80. The predicted molar refractivity (Wildman–Crippen MR) is 78.0 cm³/mol. The zero-order valence-corrected chi connectivity index (χ0v) is 12.6. The standard InChI is InChI=1S/C15H32N2O/c1-4-14(5-2)12-17-9-6-7-15(13-17)11-16-8-10-18-3/h14-16H,4-13H2,1-3H3. The van der Waals surface area contributed by atoms with Crippen LogP contribution in [0.1, 0.15) is 39.5 Å². The van der Waals surface area contributed by atoms with Crippen LogP contribution in [0.4, 0.5) is 0 Å². The minimum Gasteiger partial charge on any atom is -0.383 e. The first-order valence-electron chi connectivity index (χ1n) is 7.72. The molecule has 18 heavy (non-hydrogen) atoms. The zero-order chi connectivity index (χ0) is 13.2. The van der Waals surface area contributed by atoms with E-state index in [-0.39, 0.29) is 0 Å². The predicted octanol–water partition coefficient (Wildman–Crippen LogP) is 2.37. The van der Waals surface area contributed by atoms with E-state index in [0.29, 0.717) is 0 Å². The van der Waals surface area contributed by atoms with Crippen LogP contribution in [-0.4, -0.2) is 51.3 Å². The molecule has 3 heteroatoms. The van der Waals surface area contributed by atoms with Gasteiger partial charge in [0.05, 0.1) is 6.61 Å². The Labute approximate surface area is 113 Å². The van der Waals surface area contributed by atoms with E-state index in [2.05, 4.69) is 24.1 Å². The van der Waals surface area contributed by atoms with Gasteiger partial charge in [0.1, 0.15) is 0 Å². The van der Waals surface area contributed by atoms with Crippen molar-refractivity contribution >= 4 is 0 Å². The second-order valence-corrected chi connectivity index (χ2v) is 5.65. The summed E-state index contributed by atoms with van der Waals surface area (Å²) in [5, 5.41) is 3.51. The van der Waals surface area contributed by atoms with Gasteiger partial charge in [0.25, 0.3) is 0 Å². The largest absolute Gasteiger partial charge is 0.383 e. The van der Waals surface area contributed by atoms with Crippen LogP contribution in [0.3, 0.4) is 0 Å². The molecule has 1 aliphatic rings. The van der Waals surface area contributed by atoms with E-state index in [4.69, 9.17) is 4.74 Å². The third kappa shape index (κ3) is 6.17. The van der Waals surface area contributed by atoms with Gasteiger partial charge in [-0.25, -0.2) is 0 Å². The van der Waals surface area contributed by atoms with Gasteiger partial charge in [-0.15, -0.1) is 0 Å². The smallest absolute Gasteiger partial charge is 0.0587 e. The lowest BCUT2D eigenvalue weighted by Gasteiger charge is -2.34. The van der Waals surface area contributed by atoms with Gasteiger partial charge in [-0.2, -0.15) is 0 Å². The van der Waals surface area contributed by atoms with E-state index in [1.54, 1.807) is 7.11 Å². The number of rotatable bonds is 9. The summed E-state index contributed by atoms with van der Waals surface area (Å²) in [6.45, 7) is 11.5. The van der Waals surface area contributed by atoms with Crippen LogP contribution in [0.25, 0.3) is 0 Å². The topological polar surface area (TPSA) is 24.5 Å². The number of likely N-dealkylation sites (tertiary alicyclic amines) is 1. The molecular weight excluding hydrogens is 224 g/mol. The molecule has 0 aromatic heterocycles. The molecule has 0 amide bonds. The second kappa shape index (κ2) is 9.76. The molecule has 0 bridgehead atoms. The lowest BCUT2D eigenvalue weighted by atomic mass is 9.95. The summed E-state index contributed by atoms with van der Waals surface area (Å²) in [4.78, 5) is 2.68. The number of piperidine rings is 1. The molecule has 1 saturated heterocycles. The van der Waals surface area contributed by atoms with Crippen molar-refractivity contribution in [1.29, 1.82) is 0 Å². The van der Waals surface area contributed by atoms with Crippen molar-refractivity contribution in [2.24, 2.45) is 11.8 Å². The van der Waals surface area contributed by atoms with Gasteiger partial charge in [0.15, 0.2) is 0 Å². The average molecular weight is 256 g/mol. The number of methoxy groups -OCH3 is 1. The summed E-state index contributed by atoms with van der Waals surface area (Å²) in [5.74, 6) is 1.73. The molecule has 1 heterocycles. The molecule has 1 aliphatic heterocycles. The Morgan fingerprint density at radius 3 is 2.78 bits per heavy atom. The molecule has 108 valence electrons. The Hall–Kier alpha value is -0.120. The molecule has 0 aliphatic carbocycles. The van der Waals surface area contributed by atoms with E-state index in [0.717, 1.165) is 31.5 Å². The van der Waals surface area contributed by atoms with Gasteiger partial charge in [-0.3, -0.25) is 0 Å². The quantitative estimate of drug-likeness (QED) is 0.641. The highest BCUT2D eigenvalue weighted by Crippen LogP contribution is 2.19. The van der Waals surface area contributed by atoms with Crippen molar-refractivity contribution in [3.05, 3.63) is 0 Å². The SMILES string of the molecule is CCC(CC)CN1CCCC(CNCCOC)C1. The first kappa shape index (κ1) is 15.9. The Bertz CT molecular complexity index is 195. The molecule has 0 aromatic rings. The molecule has 3 nitrogen and oxygen atoms in total. The van der Waals surface area contributed by atoms with E-state index in [1.165, 1.54) is 45.3 Å². The third-order valence-corrected chi connectivity index (χ3v) is 4.19. The highest BCUT2D eigenvalue weighted by atomic mass is 16.5. The highest BCUT2D eigenvalue weighted by molar-refractivity contribution is 4.76. The fourth-order valence-corrected chi connectivity index (χ4v) is 2.88. The lowest BCUT2D eigenvalue weighted by Crippen LogP contribution is -2.42. The van der Waals surface area contributed by atoms with Crippen molar-refractivity contribution in [1.82, 2.24) is 10.2 Å². The van der Waals surface area contributed by atoms with Gasteiger partial charge < -0.3 is 15.0 Å². The molecule has 0 radical (unpaired) electrons. The van der Waals surface area contributed by atoms with Crippen LogP contribution >= 0.6 is 0 Å². The molecule has 0 saturated carbocycles. The maximum atomic E-state index is 5.06. The van der Waals surface area contributed by atoms with Crippen LogP contribution in [0.2, 0.25) is 0 Å². The lowest BCUT2D eigenvalue weighted by molar-refractivity contribution is 0.143. The van der Waals surface area contributed by atoms with Crippen molar-refractivity contribution in [3.8, 4) is 0 Å². The van der Waals surface area contributed by atoms with Gasteiger partial charge in [-0.05, 0) is 37.8 Å². The maximum absolute atomic E-state index is 5.06. The summed E-state index contributed by atoms with van der Waals surface area (Å²) in [5.41, 5.74) is 0. The number of hydrogen-bond acceptors (Lipinski definition) is 3. The Morgan fingerprint density at radius 2 is 2.11 bits per heavy atom. The first-order valence-corrected chi connectivity index (χ1v) is 7.72. The molecule has 1 atom stereocenters. The highest BCUT2D eigenvalue weighted by Gasteiger charge is 2.20. The van der Waals surface area contributed by atoms with Crippen molar-refractivity contribution < 1.29 is 4.74 Å². The van der Waals surface area contributed by atoms with E-state index >= 15 is 0 Å². The fourth-order valence-electron chi connectivity index (χ4n) is 2.88. The van der Waals surface area contributed by atoms with E-state index in [9.17, 15) is 0 Å². The molecule has 1 rings (SSSR count). The van der Waals surface area contributed by atoms with Gasteiger partial charge in [0.2, 0.25) is 0 Å². The Kier molecular flexibility index (Phi) is 8.64. The zero-order valence-electron chi connectivity index (χ0n) is 12.6. The van der Waals surface area contributed by atoms with Crippen molar-refractivity contribution in [2.45, 2.75) is 39.5 Å². The number of nitrogens with one attached hydrogen (secondary N) is 1. The summed E-state index contributed by atoms with van der Waals surface area (Å²) in [7, 11) is 1.76. The average Bonchev–Trinajstić information content (AvgIpc) is 2.41. The minimum absolute atomic E-state index is 0.824. The summed E-state index contributed by atoms with van der Waals surface area (Å²) < 4.78 is 5.06. The van der Waals surface area contributed by atoms with Crippen LogP contribution < -0.4 is 5.32 Å². The molecule has 1 unspecified atom stereocenters. The van der Waals surface area contributed by atoms with E-state index < -0.39 is 0 Å². The monoisotopic (exact) mass is 256 g/mol. The van der Waals surface area contributed by atoms with E-state index in [1.807, 2.05) is 0 Å². The van der Waals surface area contributed by atoms with Gasteiger partial charge in [0, 0.05) is 26.7 Å². The number of ether oxygens (including phenoxy) is 1. The van der Waals surface area contributed by atoms with Crippen molar-refractivity contribution in [3.63, 3.8) is 0 Å². The second-order valence-electron chi connectivity index (χ2n) is 5.65. The molecular formula is C15H32N2O. The van der Waals surface area contributed by atoms with Gasteiger partial charge in [-0.1, -0.05) is 26.7 Å². The molecule has 0 aromatic carbocycles. The third-order valence-electron chi connectivity index (χ3n) is 4.19. The molecule has 1 N–H and O–H groups in total. The maximum Gasteiger partial charge on any atom is 0.0587 e.